The molecule has 15 heavy (non-hydrogen) atoms. The first kappa shape index (κ1) is 13.0. The molecule has 0 saturated carbocycles. The van der Waals surface area contributed by atoms with E-state index in [1.165, 1.54) is 0 Å². The maximum atomic E-state index is 9.14. The molecule has 0 aromatic carbocycles. The topological polar surface area (TPSA) is 32.7 Å². The Morgan fingerprint density at radius 3 is 2.87 bits per heavy atom. The van der Waals surface area contributed by atoms with Gasteiger partial charge in [0.05, 0.1) is 18.3 Å². The number of halogens is 1. The fourth-order valence-corrected chi connectivity index (χ4v) is 2.09. The molecule has 3 nitrogen and oxygen atoms in total. The van der Waals surface area contributed by atoms with Gasteiger partial charge in [0.25, 0.3) is 0 Å². The third kappa shape index (κ3) is 4.11. The predicted molar refractivity (Wildman–Crippen MR) is 62.1 cm³/mol. The lowest BCUT2D eigenvalue weighted by molar-refractivity contribution is -0.147. The quantitative estimate of drug-likeness (QED) is 0.804. The Hall–Kier alpha value is -0.0900. The van der Waals surface area contributed by atoms with E-state index in [0.717, 1.165) is 25.2 Å². The Balaban J connectivity index is 2.58. The van der Waals surface area contributed by atoms with Gasteiger partial charge in [-0.05, 0) is 26.3 Å². The summed E-state index contributed by atoms with van der Waals surface area (Å²) in [6, 6.07) is 0. The molecule has 0 bridgehead atoms. The van der Waals surface area contributed by atoms with E-state index in [-0.39, 0.29) is 18.3 Å². The van der Waals surface area contributed by atoms with Crippen LogP contribution >= 0.6 is 11.6 Å². The Kier molecular flexibility index (Phi) is 4.59. The van der Waals surface area contributed by atoms with Crippen LogP contribution in [0, 0.1) is 0 Å². The summed E-state index contributed by atoms with van der Waals surface area (Å²) in [4.78, 5) is 2.26. The highest BCUT2D eigenvalue weighted by Gasteiger charge is 2.32. The van der Waals surface area contributed by atoms with Crippen LogP contribution in [0.2, 0.25) is 0 Å². The largest absolute Gasteiger partial charge is 0.394 e. The van der Waals surface area contributed by atoms with Crippen molar-refractivity contribution in [3.05, 3.63) is 11.1 Å². The zero-order valence-electron chi connectivity index (χ0n) is 9.66. The zero-order valence-corrected chi connectivity index (χ0v) is 10.4. The molecule has 1 N–H and O–H groups in total. The van der Waals surface area contributed by atoms with E-state index in [4.69, 9.17) is 21.4 Å². The van der Waals surface area contributed by atoms with Gasteiger partial charge in [-0.1, -0.05) is 11.6 Å². The number of morpholine rings is 1. The molecule has 0 aromatic rings. The van der Waals surface area contributed by atoms with Gasteiger partial charge in [-0.15, -0.1) is 0 Å². The van der Waals surface area contributed by atoms with Gasteiger partial charge in [-0.3, -0.25) is 4.90 Å². The van der Waals surface area contributed by atoms with Crippen molar-refractivity contribution in [2.24, 2.45) is 0 Å². The van der Waals surface area contributed by atoms with Crippen LogP contribution in [0.25, 0.3) is 0 Å². The minimum Gasteiger partial charge on any atom is -0.394 e. The molecule has 1 rings (SSSR count). The summed E-state index contributed by atoms with van der Waals surface area (Å²) in [5.74, 6) is 0. The molecular weight excluding hydrogens is 214 g/mol. The van der Waals surface area contributed by atoms with Gasteiger partial charge in [0.15, 0.2) is 0 Å². The second-order valence-electron chi connectivity index (χ2n) is 4.81. The van der Waals surface area contributed by atoms with Crippen molar-refractivity contribution in [2.45, 2.75) is 32.5 Å². The zero-order chi connectivity index (χ0) is 11.5. The molecular formula is C11H20ClNO2. The summed E-state index contributed by atoms with van der Waals surface area (Å²) in [7, 11) is 0. The summed E-state index contributed by atoms with van der Waals surface area (Å²) in [5, 5.41) is 9.14. The van der Waals surface area contributed by atoms with Crippen molar-refractivity contribution < 1.29 is 9.84 Å². The number of hydrogen-bond acceptors (Lipinski definition) is 3. The molecule has 1 saturated heterocycles. The predicted octanol–water partition coefficient (Wildman–Crippen LogP) is 1.60. The lowest BCUT2D eigenvalue weighted by Gasteiger charge is -2.42. The average molecular weight is 234 g/mol. The summed E-state index contributed by atoms with van der Waals surface area (Å²) in [6.07, 6.45) is -0.0862. The highest BCUT2D eigenvalue weighted by molar-refractivity contribution is 6.25. The smallest absolute Gasteiger partial charge is 0.0940 e. The normalized spacial score (nSPS) is 28.1. The molecule has 0 amide bonds. The number of rotatable bonds is 3. The molecule has 0 aliphatic carbocycles. The minimum absolute atomic E-state index is 0.0730. The lowest BCUT2D eigenvalue weighted by Crippen LogP contribution is -2.54. The van der Waals surface area contributed by atoms with Crippen LogP contribution in [0.5, 0.6) is 0 Å². The SMILES string of the molecule is CC(=CCl)CN1CC(CO)OC(C)(C)C1. The molecule has 0 spiro atoms. The number of aliphatic hydroxyl groups is 1. The van der Waals surface area contributed by atoms with Gasteiger partial charge in [0.1, 0.15) is 0 Å². The van der Waals surface area contributed by atoms with Crippen LogP contribution in [-0.2, 0) is 4.74 Å². The van der Waals surface area contributed by atoms with E-state index in [2.05, 4.69) is 4.90 Å². The van der Waals surface area contributed by atoms with Gasteiger partial charge < -0.3 is 9.84 Å². The molecule has 4 heteroatoms. The standard InChI is InChI=1S/C11H20ClNO2/c1-9(4-12)5-13-6-10(7-14)15-11(2,3)8-13/h4,10,14H,5-8H2,1-3H3. The van der Waals surface area contributed by atoms with Crippen LogP contribution in [0.4, 0.5) is 0 Å². The Labute approximate surface area is 96.7 Å². The first-order chi connectivity index (χ1) is 6.96. The van der Waals surface area contributed by atoms with Crippen molar-refractivity contribution >= 4 is 11.6 Å². The molecule has 1 atom stereocenters. The molecule has 1 unspecified atom stereocenters. The average Bonchev–Trinajstić information content (AvgIpc) is 2.15. The Morgan fingerprint density at radius 1 is 1.67 bits per heavy atom. The van der Waals surface area contributed by atoms with Crippen molar-refractivity contribution in [2.75, 3.05) is 26.2 Å². The maximum absolute atomic E-state index is 9.14. The summed E-state index contributed by atoms with van der Waals surface area (Å²) >= 11 is 5.64. The van der Waals surface area contributed by atoms with Gasteiger partial charge in [-0.2, -0.15) is 0 Å². The second-order valence-corrected chi connectivity index (χ2v) is 5.03. The Bertz CT molecular complexity index is 241. The van der Waals surface area contributed by atoms with Gasteiger partial charge in [0.2, 0.25) is 0 Å². The van der Waals surface area contributed by atoms with E-state index in [1.54, 1.807) is 5.54 Å². The van der Waals surface area contributed by atoms with Gasteiger partial charge in [0, 0.05) is 25.2 Å². The fraction of sp³-hybridized carbons (Fsp3) is 0.818. The van der Waals surface area contributed by atoms with Crippen LogP contribution in [-0.4, -0.2) is 48.0 Å². The van der Waals surface area contributed by atoms with Crippen LogP contribution in [0.1, 0.15) is 20.8 Å². The third-order valence-electron chi connectivity index (χ3n) is 2.41. The van der Waals surface area contributed by atoms with Gasteiger partial charge >= 0.3 is 0 Å². The van der Waals surface area contributed by atoms with E-state index in [1.807, 2.05) is 20.8 Å². The highest BCUT2D eigenvalue weighted by atomic mass is 35.5. The lowest BCUT2D eigenvalue weighted by atomic mass is 10.0. The number of aliphatic hydroxyl groups excluding tert-OH is 1. The number of nitrogens with zero attached hydrogens (tertiary/aromatic N) is 1. The van der Waals surface area contributed by atoms with Gasteiger partial charge in [-0.25, -0.2) is 0 Å². The molecule has 1 heterocycles. The highest BCUT2D eigenvalue weighted by Crippen LogP contribution is 2.21. The van der Waals surface area contributed by atoms with E-state index in [0.29, 0.717) is 0 Å². The maximum Gasteiger partial charge on any atom is 0.0940 e. The summed E-state index contributed by atoms with van der Waals surface area (Å²) in [6.45, 7) is 8.64. The first-order valence-corrected chi connectivity index (χ1v) is 5.67. The van der Waals surface area contributed by atoms with Crippen LogP contribution in [0.15, 0.2) is 11.1 Å². The monoisotopic (exact) mass is 233 g/mol. The molecule has 88 valence electrons. The van der Waals surface area contributed by atoms with Crippen LogP contribution in [0.3, 0.4) is 0 Å². The van der Waals surface area contributed by atoms with Crippen molar-refractivity contribution in [1.82, 2.24) is 4.90 Å². The van der Waals surface area contributed by atoms with E-state index < -0.39 is 0 Å². The molecule has 1 aliphatic rings. The Morgan fingerprint density at radius 2 is 2.33 bits per heavy atom. The molecule has 1 aliphatic heterocycles. The molecule has 0 aromatic heterocycles. The first-order valence-electron chi connectivity index (χ1n) is 5.24. The second kappa shape index (κ2) is 5.30. The van der Waals surface area contributed by atoms with Crippen molar-refractivity contribution in [3.8, 4) is 0 Å². The van der Waals surface area contributed by atoms with Crippen molar-refractivity contribution in [1.29, 1.82) is 0 Å². The van der Waals surface area contributed by atoms with Crippen molar-refractivity contribution in [3.63, 3.8) is 0 Å². The van der Waals surface area contributed by atoms with E-state index >= 15 is 0 Å². The number of ether oxygens (including phenoxy) is 1. The minimum atomic E-state index is -0.196. The number of hydrogen-bond donors (Lipinski definition) is 1. The summed E-state index contributed by atoms with van der Waals surface area (Å²) in [5.41, 5.74) is 2.54. The third-order valence-corrected chi connectivity index (χ3v) is 2.79. The van der Waals surface area contributed by atoms with Crippen LogP contribution < -0.4 is 0 Å². The molecule has 1 fully saturated rings. The summed E-state index contributed by atoms with van der Waals surface area (Å²) < 4.78 is 5.72. The molecule has 0 radical (unpaired) electrons. The fourth-order valence-electron chi connectivity index (χ4n) is 2.02. The van der Waals surface area contributed by atoms with E-state index in [9.17, 15) is 0 Å².